The minimum absolute atomic E-state index is 0.0487. The van der Waals surface area contributed by atoms with Gasteiger partial charge in [-0.25, -0.2) is 0 Å². The first-order chi connectivity index (χ1) is 43.9. The maximum Gasteiger partial charge on any atom is 0.251 e. The fourth-order valence-corrected chi connectivity index (χ4v) is 11.4. The molecule has 2 aliphatic heterocycles. The lowest BCUT2D eigenvalue weighted by Gasteiger charge is -2.36. The number of hydrogen-bond donors (Lipinski definition) is 8. The summed E-state index contributed by atoms with van der Waals surface area (Å²) in [6.07, 6.45) is 3.28. The summed E-state index contributed by atoms with van der Waals surface area (Å²) in [5.74, 6) is -3.69. The molecule has 2 heterocycles. The van der Waals surface area contributed by atoms with Gasteiger partial charge in [-0.2, -0.15) is 0 Å². The molecule has 494 valence electrons. The molecule has 5 aromatic rings. The maximum absolute atomic E-state index is 14.9. The maximum atomic E-state index is 14.9. The number of likely N-dealkylation sites (tertiary alicyclic amines) is 2. The van der Waals surface area contributed by atoms with Gasteiger partial charge in [-0.3, -0.25) is 38.4 Å². The highest BCUT2D eigenvalue weighted by Crippen LogP contribution is 2.30. The molecule has 2 fully saturated rings. The van der Waals surface area contributed by atoms with Gasteiger partial charge in [0.05, 0.1) is 37.4 Å². The van der Waals surface area contributed by atoms with E-state index in [0.717, 1.165) is 36.8 Å². The second kappa shape index (κ2) is 33.9. The molecule has 5 aromatic carbocycles. The first-order valence-electron chi connectivity index (χ1n) is 32.2. The third kappa shape index (κ3) is 20.3. The quantitative estimate of drug-likeness (QED) is 0.0233. The van der Waals surface area contributed by atoms with E-state index < -0.39 is 119 Å². The standard InChI is InChI=1S/C72H96N10O10/c1-47(73-9)63(83)79-61(71(3,4)5)69(89)81-43-55(41-59(81)67(87)77-57(51-31-19-13-20-32-51)45-91-39-23-29-49-25-15-11-16-26-49)75-65(85)53-35-37-54(38-36-53)66(86)76-56-42-60(82(44-56)70(90)62(72(6,7)8)80-64(84)48(2)74-10)68(88)78-58(52-33-21-14-22-34-52)46-92-40-24-30-50-27-17-12-18-28-50/h11-22,25-28,31-38,47-48,55-62,73-74H,23-24,29-30,39-46H2,1-10H3,(H,75,85)(H,76,86)(H,77,87)(H,78,88)(H,79,83)(H,80,84). The van der Waals surface area contributed by atoms with E-state index in [9.17, 15) is 38.4 Å². The van der Waals surface area contributed by atoms with E-state index in [2.05, 4.69) is 66.8 Å². The number of rotatable bonds is 30. The Morgan fingerprint density at radius 1 is 0.467 bits per heavy atom. The van der Waals surface area contributed by atoms with E-state index in [-0.39, 0.29) is 50.3 Å². The van der Waals surface area contributed by atoms with Crippen molar-refractivity contribution in [1.82, 2.24) is 52.3 Å². The molecule has 2 aliphatic rings. The molecule has 20 nitrogen and oxygen atoms in total. The number of ether oxygens (including phenoxy) is 2. The minimum atomic E-state index is -1.06. The van der Waals surface area contributed by atoms with Crippen molar-refractivity contribution in [3.63, 3.8) is 0 Å². The third-order valence-corrected chi connectivity index (χ3v) is 17.1. The van der Waals surface area contributed by atoms with Crippen molar-refractivity contribution in [3.8, 4) is 0 Å². The first-order valence-corrected chi connectivity index (χ1v) is 32.2. The summed E-state index contributed by atoms with van der Waals surface area (Å²) >= 11 is 0. The van der Waals surface area contributed by atoms with Gasteiger partial charge >= 0.3 is 0 Å². The molecule has 0 spiro atoms. The van der Waals surface area contributed by atoms with E-state index in [0.29, 0.717) is 13.2 Å². The molecule has 10 unspecified atom stereocenters. The average Bonchev–Trinajstić information content (AvgIpc) is 1.61. The Balaban J connectivity index is 1.06. The number of carbonyl (C=O) groups is 8. The fourth-order valence-electron chi connectivity index (χ4n) is 11.4. The number of hydrogen-bond acceptors (Lipinski definition) is 12. The number of likely N-dealkylation sites (N-methyl/N-ethyl adjacent to an activating group) is 2. The van der Waals surface area contributed by atoms with Crippen LogP contribution in [0.1, 0.15) is 136 Å². The molecule has 8 N–H and O–H groups in total. The predicted octanol–water partition coefficient (Wildman–Crippen LogP) is 6.38. The summed E-state index contributed by atoms with van der Waals surface area (Å²) in [4.78, 5) is 117. The first kappa shape index (κ1) is 71.1. The molecule has 0 radical (unpaired) electrons. The van der Waals surface area contributed by atoms with Crippen LogP contribution in [0.15, 0.2) is 146 Å². The number of nitrogens with one attached hydrogen (secondary N) is 8. The molecule has 8 amide bonds. The third-order valence-electron chi connectivity index (χ3n) is 17.1. The van der Waals surface area contributed by atoms with Gasteiger partial charge in [-0.05, 0) is 124 Å². The molecule has 7 rings (SSSR count). The highest BCUT2D eigenvalue weighted by molar-refractivity contribution is 5.99. The van der Waals surface area contributed by atoms with Crippen molar-refractivity contribution in [2.45, 2.75) is 154 Å². The molecular weight excluding hydrogens is 1160 g/mol. The molecule has 0 bridgehead atoms. The normalized spacial score (nSPS) is 18.5. The second-order valence-electron chi connectivity index (χ2n) is 26.3. The van der Waals surface area contributed by atoms with Crippen LogP contribution in [0.25, 0.3) is 0 Å². The van der Waals surface area contributed by atoms with E-state index in [1.165, 1.54) is 45.2 Å². The highest BCUT2D eigenvalue weighted by Gasteiger charge is 2.48. The number of aryl methyl sites for hydroxylation is 2. The van der Waals surface area contributed by atoms with Crippen LogP contribution in [-0.2, 0) is 51.1 Å². The van der Waals surface area contributed by atoms with Crippen LogP contribution in [0.4, 0.5) is 0 Å². The van der Waals surface area contributed by atoms with Crippen LogP contribution in [-0.4, -0.2) is 159 Å². The topological polar surface area (TPSA) is 258 Å². The van der Waals surface area contributed by atoms with E-state index in [4.69, 9.17) is 9.47 Å². The molecule has 10 atom stereocenters. The van der Waals surface area contributed by atoms with Gasteiger partial charge in [0.25, 0.3) is 11.8 Å². The summed E-state index contributed by atoms with van der Waals surface area (Å²) in [6, 6.07) is 37.1. The van der Waals surface area contributed by atoms with E-state index >= 15 is 0 Å². The van der Waals surface area contributed by atoms with Crippen molar-refractivity contribution in [3.05, 3.63) is 179 Å². The van der Waals surface area contributed by atoms with Gasteiger partial charge in [0.1, 0.15) is 24.2 Å². The Hall–Kier alpha value is -8.30. The van der Waals surface area contributed by atoms with Crippen LogP contribution in [0.2, 0.25) is 0 Å². The molecule has 0 saturated carbocycles. The van der Waals surface area contributed by atoms with Crippen LogP contribution in [0.3, 0.4) is 0 Å². The predicted molar refractivity (Wildman–Crippen MR) is 355 cm³/mol. The Labute approximate surface area is 542 Å². The van der Waals surface area contributed by atoms with Gasteiger partial charge < -0.3 is 61.8 Å². The van der Waals surface area contributed by atoms with Gasteiger partial charge in [-0.15, -0.1) is 0 Å². The zero-order valence-electron chi connectivity index (χ0n) is 55.1. The van der Waals surface area contributed by atoms with Gasteiger partial charge in [0.2, 0.25) is 35.4 Å². The number of carbonyl (C=O) groups excluding carboxylic acids is 8. The molecule has 2 saturated heterocycles. The lowest BCUT2D eigenvalue weighted by atomic mass is 9.85. The van der Waals surface area contributed by atoms with Crippen LogP contribution >= 0.6 is 0 Å². The monoisotopic (exact) mass is 1260 g/mol. The van der Waals surface area contributed by atoms with E-state index in [1.54, 1.807) is 27.9 Å². The molecule has 20 heteroatoms. The second-order valence-corrected chi connectivity index (χ2v) is 26.3. The molecule has 0 aromatic heterocycles. The largest absolute Gasteiger partial charge is 0.379 e. The average molecular weight is 1260 g/mol. The van der Waals surface area contributed by atoms with E-state index in [1.807, 2.05) is 139 Å². The summed E-state index contributed by atoms with van der Waals surface area (Å²) < 4.78 is 12.4. The number of amides is 8. The van der Waals surface area contributed by atoms with Gasteiger partial charge in [0, 0.05) is 49.5 Å². The summed E-state index contributed by atoms with van der Waals surface area (Å²) in [6.45, 7) is 15.5. The van der Waals surface area contributed by atoms with Crippen molar-refractivity contribution in [2.75, 3.05) is 53.6 Å². The van der Waals surface area contributed by atoms with Crippen LogP contribution in [0, 0.1) is 10.8 Å². The lowest BCUT2D eigenvalue weighted by molar-refractivity contribution is -0.144. The van der Waals surface area contributed by atoms with Crippen molar-refractivity contribution in [2.24, 2.45) is 10.8 Å². The van der Waals surface area contributed by atoms with Crippen molar-refractivity contribution < 1.29 is 47.8 Å². The zero-order valence-corrected chi connectivity index (χ0v) is 55.1. The Bertz CT molecular complexity index is 3000. The summed E-state index contributed by atoms with van der Waals surface area (Å²) in [5.41, 5.74) is 2.83. The van der Waals surface area contributed by atoms with Crippen molar-refractivity contribution >= 4 is 47.3 Å². The van der Waals surface area contributed by atoms with Crippen molar-refractivity contribution in [1.29, 1.82) is 0 Å². The minimum Gasteiger partial charge on any atom is -0.379 e. The Morgan fingerprint density at radius 2 is 0.793 bits per heavy atom. The summed E-state index contributed by atoms with van der Waals surface area (Å²) in [5, 5.41) is 24.1. The Kier molecular flexibility index (Phi) is 26.2. The smallest absolute Gasteiger partial charge is 0.251 e. The highest BCUT2D eigenvalue weighted by atomic mass is 16.5. The number of benzene rings is 5. The molecule has 0 aliphatic carbocycles. The van der Waals surface area contributed by atoms with Gasteiger partial charge in [0.15, 0.2) is 0 Å². The SMILES string of the molecule is CNC(C)C(=O)NC(C(=O)N1CC(NC(=O)c2ccc(C(=O)NC3CC(C(=O)NC(COCCCc4ccccc4)c4ccccc4)N(C(=O)C(NC(=O)C(C)NC)C(C)(C)C)C3)cc2)CC1C(=O)NC(COCCCc1ccccc1)c1ccccc1)C(C)(C)C. The molecular formula is C72H96N10O10. The van der Waals surface area contributed by atoms with Crippen LogP contribution in [0.5, 0.6) is 0 Å². The zero-order chi connectivity index (χ0) is 66.5. The molecule has 92 heavy (non-hydrogen) atoms. The lowest BCUT2D eigenvalue weighted by Crippen LogP contribution is -2.59. The van der Waals surface area contributed by atoms with Crippen LogP contribution < -0.4 is 42.5 Å². The fraction of sp³-hybridized carbons (Fsp3) is 0.472. The summed E-state index contributed by atoms with van der Waals surface area (Å²) in [7, 11) is 3.29. The number of nitrogens with zero attached hydrogens (tertiary/aromatic N) is 2. The Morgan fingerprint density at radius 3 is 1.11 bits per heavy atom. The van der Waals surface area contributed by atoms with Gasteiger partial charge in [-0.1, -0.05) is 163 Å².